The maximum absolute atomic E-state index is 14.0. The van der Waals surface area contributed by atoms with Crippen LogP contribution in [0.4, 0.5) is 8.78 Å². The van der Waals surface area contributed by atoms with E-state index in [4.69, 9.17) is 10.00 Å². The Labute approximate surface area is 185 Å². The molecule has 0 N–H and O–H groups in total. The van der Waals surface area contributed by atoms with Crippen molar-refractivity contribution in [1.82, 2.24) is 0 Å². The highest BCUT2D eigenvalue weighted by Crippen LogP contribution is 2.38. The highest BCUT2D eigenvalue weighted by Gasteiger charge is 2.29. The van der Waals surface area contributed by atoms with Crippen LogP contribution in [0.1, 0.15) is 96.0 Å². The summed E-state index contributed by atoms with van der Waals surface area (Å²) in [5.74, 6) is -1.25. The summed E-state index contributed by atoms with van der Waals surface area (Å²) in [5, 5.41) is 8.75. The van der Waals surface area contributed by atoms with Gasteiger partial charge in [0, 0.05) is 0 Å². The molecule has 0 unspecified atom stereocenters. The van der Waals surface area contributed by atoms with Crippen LogP contribution in [0.25, 0.3) is 0 Å². The minimum Gasteiger partial charge on any atom is -0.423 e. The zero-order valence-electron chi connectivity index (χ0n) is 18.7. The summed E-state index contributed by atoms with van der Waals surface area (Å²) in [4.78, 5) is 12.4. The van der Waals surface area contributed by atoms with Gasteiger partial charge in [-0.3, -0.25) is 4.79 Å². The Kier molecular flexibility index (Phi) is 8.87. The molecule has 0 spiro atoms. The second-order valence-corrected chi connectivity index (χ2v) is 9.60. The van der Waals surface area contributed by atoms with Crippen molar-refractivity contribution >= 4 is 5.97 Å². The summed E-state index contributed by atoms with van der Waals surface area (Å²) in [6.07, 6.45) is 15.6. The van der Waals surface area contributed by atoms with Crippen molar-refractivity contribution in [3.8, 4) is 11.8 Å². The quantitative estimate of drug-likeness (QED) is 0.320. The van der Waals surface area contributed by atoms with Crippen molar-refractivity contribution in [2.75, 3.05) is 0 Å². The highest BCUT2D eigenvalue weighted by molar-refractivity contribution is 5.75. The molecule has 0 atom stereocenters. The molecule has 0 bridgehead atoms. The molecule has 2 saturated carbocycles. The van der Waals surface area contributed by atoms with Crippen LogP contribution >= 0.6 is 0 Å². The van der Waals surface area contributed by atoms with Crippen LogP contribution in [0.3, 0.4) is 0 Å². The molecule has 0 amide bonds. The second kappa shape index (κ2) is 11.6. The monoisotopic (exact) mass is 431 g/mol. The Bertz CT molecular complexity index is 772. The number of rotatable bonds is 8. The number of nitriles is 1. The summed E-state index contributed by atoms with van der Waals surface area (Å²) in [5.41, 5.74) is -0.396. The van der Waals surface area contributed by atoms with Crippen molar-refractivity contribution in [3.05, 3.63) is 29.3 Å². The minimum atomic E-state index is -1.27. The first-order valence-corrected chi connectivity index (χ1v) is 12.1. The highest BCUT2D eigenvalue weighted by atomic mass is 19.2. The summed E-state index contributed by atoms with van der Waals surface area (Å²) < 4.78 is 32.9. The number of nitrogens with zero attached hydrogens (tertiary/aromatic N) is 1. The van der Waals surface area contributed by atoms with Gasteiger partial charge in [-0.25, -0.2) is 4.39 Å². The third kappa shape index (κ3) is 6.51. The van der Waals surface area contributed by atoms with Gasteiger partial charge >= 0.3 is 5.97 Å². The number of hydrogen-bond acceptors (Lipinski definition) is 3. The molecule has 170 valence electrons. The van der Waals surface area contributed by atoms with E-state index in [1.54, 1.807) is 6.07 Å². The van der Waals surface area contributed by atoms with Crippen LogP contribution in [0, 0.1) is 46.6 Å². The Hall–Kier alpha value is -1.96. The number of hydrogen-bond donors (Lipinski definition) is 0. The number of unbranched alkanes of at least 4 members (excludes halogenated alkanes) is 1. The van der Waals surface area contributed by atoms with E-state index in [0.29, 0.717) is 5.92 Å². The number of esters is 1. The van der Waals surface area contributed by atoms with Crippen molar-refractivity contribution < 1.29 is 18.3 Å². The predicted octanol–water partition coefficient (Wildman–Crippen LogP) is 7.33. The Balaban J connectivity index is 1.38. The molecular weight excluding hydrogens is 396 g/mol. The Morgan fingerprint density at radius 1 is 0.935 bits per heavy atom. The standard InChI is InChI=1S/C26H35F2NO2/c1-2-3-4-18-5-7-19(8-6-18)9-10-20-11-13-21(14-12-20)26(30)31-23-16-15-22(17-29)24(27)25(23)28/h15-16,18-21H,2-14H2,1H3/t18-,19-,20?,21?. The van der Waals surface area contributed by atoms with E-state index in [1.807, 2.05) is 0 Å². The molecule has 2 aliphatic rings. The maximum atomic E-state index is 14.0. The fourth-order valence-corrected chi connectivity index (χ4v) is 5.35. The lowest BCUT2D eigenvalue weighted by Crippen LogP contribution is -2.26. The van der Waals surface area contributed by atoms with Gasteiger partial charge in [-0.05, 0) is 55.6 Å². The minimum absolute atomic E-state index is 0.261. The molecule has 0 aliphatic heterocycles. The largest absolute Gasteiger partial charge is 0.423 e. The van der Waals surface area contributed by atoms with E-state index in [9.17, 15) is 13.6 Å². The first kappa shape index (κ1) is 23.7. The van der Waals surface area contributed by atoms with Crippen LogP contribution < -0.4 is 4.74 Å². The van der Waals surface area contributed by atoms with Gasteiger partial charge in [-0.1, -0.05) is 64.7 Å². The van der Waals surface area contributed by atoms with Crippen molar-refractivity contribution in [2.24, 2.45) is 23.7 Å². The van der Waals surface area contributed by atoms with Gasteiger partial charge in [0.1, 0.15) is 6.07 Å². The van der Waals surface area contributed by atoms with Crippen LogP contribution in [0.2, 0.25) is 0 Å². The van der Waals surface area contributed by atoms with E-state index >= 15 is 0 Å². The van der Waals surface area contributed by atoms with Gasteiger partial charge in [0.25, 0.3) is 0 Å². The van der Waals surface area contributed by atoms with E-state index < -0.39 is 28.9 Å². The molecule has 2 fully saturated rings. The summed E-state index contributed by atoms with van der Waals surface area (Å²) in [7, 11) is 0. The molecule has 1 aromatic carbocycles. The first-order chi connectivity index (χ1) is 15.0. The molecule has 0 aromatic heterocycles. The van der Waals surface area contributed by atoms with Gasteiger partial charge in [0.05, 0.1) is 11.5 Å². The molecule has 2 aliphatic carbocycles. The molecule has 3 rings (SSSR count). The average molecular weight is 432 g/mol. The number of halogens is 2. The fraction of sp³-hybridized carbons (Fsp3) is 0.692. The number of benzene rings is 1. The third-order valence-corrected chi connectivity index (χ3v) is 7.47. The molecule has 5 heteroatoms. The van der Waals surface area contributed by atoms with Crippen LogP contribution in [-0.4, -0.2) is 5.97 Å². The molecule has 0 saturated heterocycles. The van der Waals surface area contributed by atoms with Gasteiger partial charge in [0.2, 0.25) is 5.82 Å². The maximum Gasteiger partial charge on any atom is 0.314 e. The summed E-state index contributed by atoms with van der Waals surface area (Å²) >= 11 is 0. The fourth-order valence-electron chi connectivity index (χ4n) is 5.35. The SMILES string of the molecule is CCCC[C@H]1CC[C@H](CCC2CCC(C(=O)Oc3ccc(C#N)c(F)c3F)CC2)CC1. The molecule has 1 aromatic rings. The molecule has 3 nitrogen and oxygen atoms in total. The number of ether oxygens (including phenoxy) is 1. The van der Waals surface area contributed by atoms with Crippen LogP contribution in [0.5, 0.6) is 5.75 Å². The zero-order chi connectivity index (χ0) is 22.2. The third-order valence-electron chi connectivity index (χ3n) is 7.47. The normalized spacial score (nSPS) is 26.3. The number of carbonyl (C=O) groups excluding carboxylic acids is 1. The van der Waals surface area contributed by atoms with E-state index in [1.165, 1.54) is 57.8 Å². The molecular formula is C26H35F2NO2. The molecule has 31 heavy (non-hydrogen) atoms. The zero-order valence-corrected chi connectivity index (χ0v) is 18.7. The predicted molar refractivity (Wildman–Crippen MR) is 116 cm³/mol. The topological polar surface area (TPSA) is 50.1 Å². The summed E-state index contributed by atoms with van der Waals surface area (Å²) in [6.45, 7) is 2.27. The van der Waals surface area contributed by atoms with Crippen LogP contribution in [0.15, 0.2) is 12.1 Å². The van der Waals surface area contributed by atoms with Gasteiger partial charge in [-0.15, -0.1) is 0 Å². The van der Waals surface area contributed by atoms with Crippen molar-refractivity contribution in [3.63, 3.8) is 0 Å². The summed E-state index contributed by atoms with van der Waals surface area (Å²) in [6, 6.07) is 3.86. The lowest BCUT2D eigenvalue weighted by atomic mass is 9.75. The van der Waals surface area contributed by atoms with Crippen molar-refractivity contribution in [1.29, 1.82) is 5.26 Å². The van der Waals surface area contributed by atoms with E-state index in [2.05, 4.69) is 6.92 Å². The second-order valence-electron chi connectivity index (χ2n) is 9.60. The molecule has 0 radical (unpaired) electrons. The molecule has 0 heterocycles. The number of carbonyl (C=O) groups is 1. The van der Waals surface area contributed by atoms with Crippen LogP contribution in [-0.2, 0) is 4.79 Å². The Morgan fingerprint density at radius 3 is 2.03 bits per heavy atom. The van der Waals surface area contributed by atoms with Crippen molar-refractivity contribution in [2.45, 2.75) is 90.4 Å². The van der Waals surface area contributed by atoms with Gasteiger partial charge in [-0.2, -0.15) is 9.65 Å². The smallest absolute Gasteiger partial charge is 0.314 e. The van der Waals surface area contributed by atoms with E-state index in [-0.39, 0.29) is 5.92 Å². The lowest BCUT2D eigenvalue weighted by Gasteiger charge is -2.31. The van der Waals surface area contributed by atoms with Gasteiger partial charge < -0.3 is 4.74 Å². The lowest BCUT2D eigenvalue weighted by molar-refractivity contribution is -0.140. The average Bonchev–Trinajstić information content (AvgIpc) is 2.80. The Morgan fingerprint density at radius 2 is 1.48 bits per heavy atom. The van der Waals surface area contributed by atoms with E-state index in [0.717, 1.165) is 49.7 Å². The first-order valence-electron chi connectivity index (χ1n) is 12.1. The van der Waals surface area contributed by atoms with Gasteiger partial charge in [0.15, 0.2) is 11.6 Å².